The van der Waals surface area contributed by atoms with Crippen molar-refractivity contribution in [2.24, 2.45) is 0 Å². The molecule has 1 fully saturated rings. The maximum Gasteiger partial charge on any atom is 0.334 e. The van der Waals surface area contributed by atoms with Crippen molar-refractivity contribution in [3.8, 4) is 0 Å². The molecule has 7 heavy (non-hydrogen) atoms. The first-order valence-electron chi connectivity index (χ1n) is 1.30. The predicted molar refractivity (Wildman–Crippen MR) is 12.8 cm³/mol. The third-order valence-corrected chi connectivity index (χ3v) is 0.325. The molecule has 0 aromatic carbocycles. The second-order valence-electron chi connectivity index (χ2n) is 1.06. The smallest absolute Gasteiger partial charge is 0.334 e. The normalized spacial score (nSPS) is 21.4. The molecule has 3 nitrogen and oxygen atoms in total. The van der Waals surface area contributed by atoms with Crippen molar-refractivity contribution in [3.63, 3.8) is 0 Å². The van der Waals surface area contributed by atoms with Crippen molar-refractivity contribution in [1.82, 2.24) is 0 Å². The largest absolute Gasteiger partial charge is 0.340 e. The Hall–Kier alpha value is 1.65. The molecule has 0 saturated carbocycles. The van der Waals surface area contributed by atoms with Gasteiger partial charge in [0.05, 0.1) is 0 Å². The first-order valence-corrected chi connectivity index (χ1v) is 1.30. The quantitative estimate of drug-likeness (QED) is 0.475. The molecule has 1 aliphatic rings. The van der Waals surface area contributed by atoms with E-state index in [-0.39, 0.29) is 52.4 Å². The number of rotatable bonds is 0. The first kappa shape index (κ1) is 11.4. The van der Waals surface area contributed by atoms with Gasteiger partial charge in [-0.05, 0) is 0 Å². The Morgan fingerprint density at radius 1 is 1.29 bits per heavy atom. The van der Waals surface area contributed by atoms with Gasteiger partial charge in [-0.1, -0.05) is 0 Å². The summed E-state index contributed by atoms with van der Waals surface area (Å²) in [6.07, 6.45) is 0. The Balaban J connectivity index is 0. The van der Waals surface area contributed by atoms with Crippen molar-refractivity contribution in [2.45, 2.75) is 12.9 Å². The number of hydrogen-bond donors (Lipinski definition) is 1. The van der Waals surface area contributed by atoms with Crippen LogP contribution in [-0.4, -0.2) is 11.1 Å². The topological polar surface area (TPSA) is 45.3 Å². The molecule has 0 aromatic rings. The third-order valence-electron chi connectivity index (χ3n) is 0.325. The summed E-state index contributed by atoms with van der Waals surface area (Å²) in [5, 5.41) is 8.19. The van der Waals surface area contributed by atoms with Gasteiger partial charge in [0.2, 0.25) is 0 Å². The Bertz CT molecular complexity index is 48.9. The zero-order valence-electron chi connectivity index (χ0n) is 3.76. The van der Waals surface area contributed by atoms with E-state index in [0.29, 0.717) is 0 Å². The van der Waals surface area contributed by atoms with Gasteiger partial charge in [0, 0.05) is 59.3 Å². The molecule has 0 spiro atoms. The van der Waals surface area contributed by atoms with Crippen LogP contribution in [0.2, 0.25) is 0 Å². The van der Waals surface area contributed by atoms with E-state index in [0.717, 1.165) is 0 Å². The zero-order chi connectivity index (χ0) is 3.91. The summed E-state index contributed by atoms with van der Waals surface area (Å²) < 4.78 is 0. The fraction of sp³-hybridized carbons (Fsp3) is 1.00. The van der Waals surface area contributed by atoms with Crippen LogP contribution in [0.1, 0.15) is 6.92 Å². The molecule has 1 heterocycles. The van der Waals surface area contributed by atoms with E-state index in [1.165, 1.54) is 6.92 Å². The summed E-state index contributed by atoms with van der Waals surface area (Å²) in [6.45, 7) is 1.41. The molecule has 1 aliphatic heterocycles. The van der Waals surface area contributed by atoms with E-state index in [1.807, 2.05) is 0 Å². The molecule has 1 rings (SSSR count). The minimum absolute atomic E-state index is 0. The second-order valence-corrected chi connectivity index (χ2v) is 1.06. The SMILES string of the molecule is CC1(O)OO1.[Zr].[Zr]. The van der Waals surface area contributed by atoms with Crippen molar-refractivity contribution < 1.29 is 67.3 Å². The van der Waals surface area contributed by atoms with Gasteiger partial charge in [-0.15, -0.1) is 0 Å². The molecule has 0 aliphatic carbocycles. The summed E-state index contributed by atoms with van der Waals surface area (Å²) >= 11 is 0. The second kappa shape index (κ2) is 3.63. The van der Waals surface area contributed by atoms with Crippen molar-refractivity contribution >= 4 is 0 Å². The van der Waals surface area contributed by atoms with Crippen LogP contribution in [0.25, 0.3) is 0 Å². The molecule has 0 aromatic heterocycles. The minimum atomic E-state index is -1.25. The average Bonchev–Trinajstić information content (AvgIpc) is 1.76. The molecule has 1 saturated heterocycles. The van der Waals surface area contributed by atoms with Crippen molar-refractivity contribution in [2.75, 3.05) is 0 Å². The van der Waals surface area contributed by atoms with Gasteiger partial charge >= 0.3 is 5.97 Å². The van der Waals surface area contributed by atoms with Crippen LogP contribution in [0.15, 0.2) is 0 Å². The minimum Gasteiger partial charge on any atom is -0.340 e. The van der Waals surface area contributed by atoms with Gasteiger partial charge in [0.15, 0.2) is 0 Å². The summed E-state index contributed by atoms with van der Waals surface area (Å²) in [6, 6.07) is 0. The van der Waals surface area contributed by atoms with E-state index < -0.39 is 5.97 Å². The standard InChI is InChI=1S/C2H4O3.2Zr/c1-2(3)4-5-2;;/h3H,1H3;;. The van der Waals surface area contributed by atoms with Crippen LogP contribution in [0, 0.1) is 0 Å². The average molecular weight is 258 g/mol. The summed E-state index contributed by atoms with van der Waals surface area (Å²) in [7, 11) is 0. The molecule has 1 N–H and O–H groups in total. The van der Waals surface area contributed by atoms with E-state index >= 15 is 0 Å². The van der Waals surface area contributed by atoms with E-state index in [1.54, 1.807) is 0 Å². The van der Waals surface area contributed by atoms with E-state index in [9.17, 15) is 0 Å². The maximum atomic E-state index is 8.19. The summed E-state index contributed by atoms with van der Waals surface area (Å²) in [5.41, 5.74) is 0. The molecular formula is C2H4O3Zr2. The van der Waals surface area contributed by atoms with Gasteiger partial charge in [0.1, 0.15) is 0 Å². The summed E-state index contributed by atoms with van der Waals surface area (Å²) in [5.74, 6) is -1.25. The van der Waals surface area contributed by atoms with Crippen LogP contribution < -0.4 is 0 Å². The van der Waals surface area contributed by atoms with E-state index in [4.69, 9.17) is 5.11 Å². The molecule has 5 heteroatoms. The van der Waals surface area contributed by atoms with Gasteiger partial charge < -0.3 is 5.11 Å². The van der Waals surface area contributed by atoms with E-state index in [2.05, 4.69) is 9.78 Å². The Labute approximate surface area is 79.5 Å². The monoisotopic (exact) mass is 256 g/mol. The molecule has 0 unspecified atom stereocenters. The van der Waals surface area contributed by atoms with Crippen LogP contribution in [0.3, 0.4) is 0 Å². The number of aliphatic hydroxyl groups is 1. The molecule has 0 atom stereocenters. The molecule has 38 valence electrons. The van der Waals surface area contributed by atoms with Gasteiger partial charge in [-0.2, -0.15) is 9.78 Å². The van der Waals surface area contributed by atoms with Crippen molar-refractivity contribution in [1.29, 1.82) is 0 Å². The Morgan fingerprint density at radius 3 is 1.43 bits per heavy atom. The fourth-order valence-corrected chi connectivity index (χ4v) is 0.0603. The maximum absolute atomic E-state index is 8.19. The first-order chi connectivity index (χ1) is 2.21. The van der Waals surface area contributed by atoms with Gasteiger partial charge in [-0.3, -0.25) is 0 Å². The van der Waals surface area contributed by atoms with Gasteiger partial charge in [0.25, 0.3) is 0 Å². The molecule has 0 bridgehead atoms. The number of hydrogen-bond acceptors (Lipinski definition) is 3. The fourth-order valence-electron chi connectivity index (χ4n) is 0.0603. The Morgan fingerprint density at radius 2 is 1.43 bits per heavy atom. The third kappa shape index (κ3) is 5.52. The van der Waals surface area contributed by atoms with Gasteiger partial charge in [-0.25, -0.2) is 0 Å². The van der Waals surface area contributed by atoms with Crippen LogP contribution in [0.4, 0.5) is 0 Å². The molecular weight excluding hydrogens is 254 g/mol. The van der Waals surface area contributed by atoms with Crippen LogP contribution in [-0.2, 0) is 62.2 Å². The van der Waals surface area contributed by atoms with Crippen molar-refractivity contribution in [3.05, 3.63) is 0 Å². The molecule has 0 amide bonds. The predicted octanol–water partition coefficient (Wildman–Crippen LogP) is -0.391. The van der Waals surface area contributed by atoms with Crippen LogP contribution >= 0.6 is 0 Å². The summed E-state index contributed by atoms with van der Waals surface area (Å²) in [4.78, 5) is 7.90. The Kier molecular flexibility index (Phi) is 5.93. The van der Waals surface area contributed by atoms with Crippen LogP contribution in [0.5, 0.6) is 0 Å². The zero-order valence-corrected chi connectivity index (χ0v) is 8.68. The molecule has 0 radical (unpaired) electrons.